The summed E-state index contributed by atoms with van der Waals surface area (Å²) in [5.74, 6) is 0.577. The van der Waals surface area contributed by atoms with Crippen molar-refractivity contribution in [1.29, 1.82) is 0 Å². The van der Waals surface area contributed by atoms with E-state index < -0.39 is 0 Å². The third-order valence-corrected chi connectivity index (χ3v) is 5.74. The van der Waals surface area contributed by atoms with E-state index in [1.807, 2.05) is 36.1 Å². The van der Waals surface area contributed by atoms with Crippen molar-refractivity contribution in [3.05, 3.63) is 58.9 Å². The number of hydrogen-bond acceptors (Lipinski definition) is 5. The highest BCUT2D eigenvalue weighted by atomic mass is 16.5. The fraction of sp³-hybridized carbons (Fsp3) is 0.381. The molecule has 1 aliphatic carbocycles. The lowest BCUT2D eigenvalue weighted by molar-refractivity contribution is 0.0791. The zero-order valence-corrected chi connectivity index (χ0v) is 15.3. The molecular weight excluding hydrogens is 340 g/mol. The van der Waals surface area contributed by atoms with E-state index in [9.17, 15) is 4.79 Å². The van der Waals surface area contributed by atoms with E-state index in [-0.39, 0.29) is 17.9 Å². The van der Waals surface area contributed by atoms with Gasteiger partial charge in [0.05, 0.1) is 16.6 Å². The Hall–Kier alpha value is -2.73. The maximum atomic E-state index is 13.4. The van der Waals surface area contributed by atoms with Crippen molar-refractivity contribution in [3.8, 4) is 0 Å². The van der Waals surface area contributed by atoms with E-state index in [2.05, 4.69) is 22.3 Å². The maximum Gasteiger partial charge on any atom is 0.259 e. The van der Waals surface area contributed by atoms with Crippen LogP contribution in [0.3, 0.4) is 0 Å². The summed E-state index contributed by atoms with van der Waals surface area (Å²) in [6, 6.07) is 12.1. The third-order valence-electron chi connectivity index (χ3n) is 5.74. The number of fused-ring (bicyclic) bond motifs is 1. The molecule has 0 unspecified atom stereocenters. The molecule has 1 saturated carbocycles. The van der Waals surface area contributed by atoms with E-state index in [1.165, 1.54) is 5.56 Å². The highest BCUT2D eigenvalue weighted by molar-refractivity contribution is 6.06. The molecule has 1 amide bonds. The monoisotopic (exact) mass is 362 g/mol. The fourth-order valence-corrected chi connectivity index (χ4v) is 4.09. The zero-order chi connectivity index (χ0) is 18.5. The molecule has 3 aromatic rings. The topological polar surface area (TPSA) is 85.2 Å². The fourth-order valence-electron chi connectivity index (χ4n) is 4.09. The van der Waals surface area contributed by atoms with Gasteiger partial charge in [-0.15, -0.1) is 0 Å². The summed E-state index contributed by atoms with van der Waals surface area (Å²) >= 11 is 0. The average molecular weight is 362 g/mol. The molecule has 5 rings (SSSR count). The van der Waals surface area contributed by atoms with Crippen LogP contribution in [0.1, 0.15) is 52.0 Å². The smallest absolute Gasteiger partial charge is 0.259 e. The Labute approximate surface area is 157 Å². The number of aromatic nitrogens is 2. The van der Waals surface area contributed by atoms with Crippen molar-refractivity contribution in [2.75, 3.05) is 13.1 Å². The predicted octanol–water partition coefficient (Wildman–Crippen LogP) is 2.98. The standard InChI is InChI=1S/C21H22N4O2/c1-12-19-15(9-18(14-7-8-14)23-20(19)27-24-12)21(26)25-10-16(17(22)11-25)13-5-3-2-4-6-13/h2-6,9,14,16-17H,7-8,10-11,22H2,1H3/t16-,17+/m0/s1. The summed E-state index contributed by atoms with van der Waals surface area (Å²) in [5, 5.41) is 4.75. The van der Waals surface area contributed by atoms with E-state index in [4.69, 9.17) is 10.3 Å². The Balaban J connectivity index is 1.50. The van der Waals surface area contributed by atoms with Crippen LogP contribution in [0.4, 0.5) is 0 Å². The molecular formula is C21H22N4O2. The van der Waals surface area contributed by atoms with Crippen LogP contribution in [0.15, 0.2) is 40.9 Å². The predicted molar refractivity (Wildman–Crippen MR) is 102 cm³/mol. The van der Waals surface area contributed by atoms with Crippen molar-refractivity contribution in [3.63, 3.8) is 0 Å². The van der Waals surface area contributed by atoms with E-state index >= 15 is 0 Å². The number of likely N-dealkylation sites (tertiary alicyclic amines) is 1. The minimum atomic E-state index is -0.0693. The lowest BCUT2D eigenvalue weighted by Gasteiger charge is -2.17. The first-order valence-electron chi connectivity index (χ1n) is 9.48. The Morgan fingerprint density at radius 3 is 2.74 bits per heavy atom. The maximum absolute atomic E-state index is 13.4. The summed E-state index contributed by atoms with van der Waals surface area (Å²) in [7, 11) is 0. The number of benzene rings is 1. The van der Waals surface area contributed by atoms with Gasteiger partial charge in [-0.2, -0.15) is 0 Å². The zero-order valence-electron chi connectivity index (χ0n) is 15.3. The highest BCUT2D eigenvalue weighted by Crippen LogP contribution is 2.41. The second kappa shape index (κ2) is 6.16. The normalized spacial score (nSPS) is 22.5. The quantitative estimate of drug-likeness (QED) is 0.774. The van der Waals surface area contributed by atoms with Gasteiger partial charge in [-0.25, -0.2) is 4.98 Å². The van der Waals surface area contributed by atoms with Gasteiger partial charge in [0.1, 0.15) is 0 Å². The van der Waals surface area contributed by atoms with Gasteiger partial charge < -0.3 is 15.2 Å². The Morgan fingerprint density at radius 2 is 2.00 bits per heavy atom. The Bertz CT molecular complexity index is 1010. The van der Waals surface area contributed by atoms with Gasteiger partial charge >= 0.3 is 0 Å². The number of hydrogen-bond donors (Lipinski definition) is 1. The lowest BCUT2D eigenvalue weighted by atomic mass is 9.95. The molecule has 1 saturated heterocycles. The van der Waals surface area contributed by atoms with Crippen LogP contribution >= 0.6 is 0 Å². The van der Waals surface area contributed by atoms with E-state index in [1.54, 1.807) is 0 Å². The minimum Gasteiger partial charge on any atom is -0.336 e. The average Bonchev–Trinajstić information content (AvgIpc) is 3.38. The molecule has 2 fully saturated rings. The van der Waals surface area contributed by atoms with Gasteiger partial charge in [0, 0.05) is 36.7 Å². The molecule has 6 heteroatoms. The van der Waals surface area contributed by atoms with Crippen molar-refractivity contribution >= 4 is 17.0 Å². The van der Waals surface area contributed by atoms with Crippen molar-refractivity contribution in [2.45, 2.75) is 37.6 Å². The minimum absolute atomic E-state index is 0.00974. The lowest BCUT2D eigenvalue weighted by Crippen LogP contribution is -2.32. The summed E-state index contributed by atoms with van der Waals surface area (Å²) in [6.45, 7) is 3.02. The highest BCUT2D eigenvalue weighted by Gasteiger charge is 2.36. The molecule has 2 N–H and O–H groups in total. The number of amides is 1. The Kier molecular flexibility index (Phi) is 3.75. The van der Waals surface area contributed by atoms with Crippen LogP contribution in [0.25, 0.3) is 11.1 Å². The van der Waals surface area contributed by atoms with Crippen LogP contribution in [0.5, 0.6) is 0 Å². The van der Waals surface area contributed by atoms with Gasteiger partial charge in [-0.3, -0.25) is 4.79 Å². The number of carbonyl (C=O) groups is 1. The first-order chi connectivity index (χ1) is 13.1. The van der Waals surface area contributed by atoms with Gasteiger partial charge in [0.25, 0.3) is 11.6 Å². The summed E-state index contributed by atoms with van der Waals surface area (Å²) < 4.78 is 5.38. The molecule has 3 heterocycles. The molecule has 1 aromatic carbocycles. The van der Waals surface area contributed by atoms with Crippen LogP contribution in [0.2, 0.25) is 0 Å². The van der Waals surface area contributed by atoms with Gasteiger partial charge in [0.2, 0.25) is 0 Å². The number of aryl methyl sites for hydroxylation is 1. The number of rotatable bonds is 3. The van der Waals surface area contributed by atoms with E-state index in [0.29, 0.717) is 36.0 Å². The SMILES string of the molecule is Cc1noc2nc(C3CC3)cc(C(=O)N3C[C@@H](N)[C@H](c4ccccc4)C3)c12. The Morgan fingerprint density at radius 1 is 1.22 bits per heavy atom. The largest absolute Gasteiger partial charge is 0.336 e. The van der Waals surface area contributed by atoms with E-state index in [0.717, 1.165) is 23.9 Å². The number of nitrogens with zero attached hydrogens (tertiary/aromatic N) is 3. The molecule has 0 radical (unpaired) electrons. The molecule has 2 atom stereocenters. The van der Waals surface area contributed by atoms with Gasteiger partial charge in [0.15, 0.2) is 0 Å². The number of pyridine rings is 1. The van der Waals surface area contributed by atoms with Gasteiger partial charge in [-0.1, -0.05) is 35.5 Å². The second-order valence-corrected chi connectivity index (χ2v) is 7.71. The molecule has 2 aliphatic rings. The molecule has 0 bridgehead atoms. The molecule has 138 valence electrons. The number of carbonyl (C=O) groups excluding carboxylic acids is 1. The summed E-state index contributed by atoms with van der Waals surface area (Å²) in [4.78, 5) is 19.8. The molecule has 0 spiro atoms. The first kappa shape index (κ1) is 16.4. The van der Waals surface area contributed by atoms with Crippen LogP contribution in [-0.4, -0.2) is 40.1 Å². The molecule has 27 heavy (non-hydrogen) atoms. The summed E-state index contributed by atoms with van der Waals surface area (Å²) in [6.07, 6.45) is 2.23. The third kappa shape index (κ3) is 2.80. The number of nitrogens with two attached hydrogens (primary N) is 1. The van der Waals surface area contributed by atoms with Crippen LogP contribution < -0.4 is 5.73 Å². The van der Waals surface area contributed by atoms with Crippen molar-refractivity contribution in [2.24, 2.45) is 5.73 Å². The second-order valence-electron chi connectivity index (χ2n) is 7.71. The molecule has 1 aliphatic heterocycles. The van der Waals surface area contributed by atoms with Crippen LogP contribution in [-0.2, 0) is 0 Å². The molecule has 6 nitrogen and oxygen atoms in total. The van der Waals surface area contributed by atoms with Gasteiger partial charge in [-0.05, 0) is 31.4 Å². The van der Waals surface area contributed by atoms with Crippen molar-refractivity contribution < 1.29 is 9.32 Å². The van der Waals surface area contributed by atoms with Crippen LogP contribution in [0, 0.1) is 6.92 Å². The first-order valence-corrected chi connectivity index (χ1v) is 9.48. The molecule has 2 aromatic heterocycles. The van der Waals surface area contributed by atoms with Crippen molar-refractivity contribution in [1.82, 2.24) is 15.0 Å². The summed E-state index contributed by atoms with van der Waals surface area (Å²) in [5.41, 5.74) is 10.3.